The third-order valence-electron chi connectivity index (χ3n) is 2.59. The minimum absolute atomic E-state index is 0.0335. The minimum atomic E-state index is 0.0335. The Morgan fingerprint density at radius 3 is 2.67 bits per heavy atom. The standard InChI is InChI=1S/C12H20N2O/c1-3-9-8-10(11(14)6-7-13)4-5-12(9)15-2/h4-5,8,11H,3,6-7,13-14H2,1-2H3. The Balaban J connectivity index is 2.92. The van der Waals surface area contributed by atoms with Crippen LogP contribution in [0.15, 0.2) is 18.2 Å². The molecule has 0 heterocycles. The lowest BCUT2D eigenvalue weighted by molar-refractivity contribution is 0.409. The summed E-state index contributed by atoms with van der Waals surface area (Å²) < 4.78 is 5.27. The van der Waals surface area contributed by atoms with Crippen LogP contribution in [0.1, 0.15) is 30.5 Å². The highest BCUT2D eigenvalue weighted by atomic mass is 16.5. The van der Waals surface area contributed by atoms with Gasteiger partial charge in [-0.3, -0.25) is 0 Å². The van der Waals surface area contributed by atoms with Crippen molar-refractivity contribution >= 4 is 0 Å². The summed E-state index contributed by atoms with van der Waals surface area (Å²) >= 11 is 0. The van der Waals surface area contributed by atoms with Crippen molar-refractivity contribution in [3.05, 3.63) is 29.3 Å². The number of methoxy groups -OCH3 is 1. The number of hydrogen-bond donors (Lipinski definition) is 2. The summed E-state index contributed by atoms with van der Waals surface area (Å²) in [4.78, 5) is 0. The monoisotopic (exact) mass is 208 g/mol. The first-order valence-electron chi connectivity index (χ1n) is 5.35. The second-order valence-electron chi connectivity index (χ2n) is 3.61. The zero-order valence-corrected chi connectivity index (χ0v) is 9.49. The van der Waals surface area contributed by atoms with Crippen molar-refractivity contribution < 1.29 is 4.74 Å². The van der Waals surface area contributed by atoms with Crippen molar-refractivity contribution in [1.29, 1.82) is 0 Å². The molecule has 1 aromatic rings. The molecule has 3 nitrogen and oxygen atoms in total. The molecule has 1 aromatic carbocycles. The molecule has 0 saturated carbocycles. The van der Waals surface area contributed by atoms with Crippen LogP contribution < -0.4 is 16.2 Å². The second kappa shape index (κ2) is 5.73. The molecule has 1 atom stereocenters. The van der Waals surface area contributed by atoms with E-state index in [0.29, 0.717) is 6.54 Å². The molecule has 0 aromatic heterocycles. The number of benzene rings is 1. The van der Waals surface area contributed by atoms with Crippen LogP contribution in [-0.2, 0) is 6.42 Å². The van der Waals surface area contributed by atoms with Gasteiger partial charge in [0.05, 0.1) is 7.11 Å². The number of nitrogens with two attached hydrogens (primary N) is 2. The summed E-state index contributed by atoms with van der Waals surface area (Å²) in [7, 11) is 1.69. The summed E-state index contributed by atoms with van der Waals surface area (Å²) in [6.07, 6.45) is 1.77. The van der Waals surface area contributed by atoms with E-state index in [1.165, 1.54) is 5.56 Å². The molecule has 84 valence electrons. The third-order valence-corrected chi connectivity index (χ3v) is 2.59. The quantitative estimate of drug-likeness (QED) is 0.772. The molecule has 0 saturated heterocycles. The largest absolute Gasteiger partial charge is 0.496 e. The Kier molecular flexibility index (Phi) is 4.59. The van der Waals surface area contributed by atoms with Crippen LogP contribution in [0.3, 0.4) is 0 Å². The van der Waals surface area contributed by atoms with E-state index in [-0.39, 0.29) is 6.04 Å². The molecule has 1 rings (SSSR count). The summed E-state index contributed by atoms with van der Waals surface area (Å²) in [6.45, 7) is 2.73. The van der Waals surface area contributed by atoms with E-state index in [0.717, 1.165) is 24.2 Å². The predicted octanol–water partition coefficient (Wildman–Crippen LogP) is 1.61. The maximum Gasteiger partial charge on any atom is 0.122 e. The Morgan fingerprint density at radius 1 is 1.40 bits per heavy atom. The zero-order valence-electron chi connectivity index (χ0n) is 9.49. The molecular weight excluding hydrogens is 188 g/mol. The zero-order chi connectivity index (χ0) is 11.3. The van der Waals surface area contributed by atoms with Crippen molar-refractivity contribution in [2.45, 2.75) is 25.8 Å². The molecule has 15 heavy (non-hydrogen) atoms. The van der Waals surface area contributed by atoms with Gasteiger partial charge in [-0.05, 0) is 36.6 Å². The number of ether oxygens (including phenoxy) is 1. The van der Waals surface area contributed by atoms with Crippen molar-refractivity contribution in [2.24, 2.45) is 11.5 Å². The first-order chi connectivity index (χ1) is 7.22. The van der Waals surface area contributed by atoms with Crippen LogP contribution in [0.5, 0.6) is 5.75 Å². The highest BCUT2D eigenvalue weighted by Crippen LogP contribution is 2.23. The lowest BCUT2D eigenvalue weighted by atomic mass is 10.0. The van der Waals surface area contributed by atoms with Crippen molar-refractivity contribution in [3.63, 3.8) is 0 Å². The normalized spacial score (nSPS) is 12.5. The van der Waals surface area contributed by atoms with Crippen LogP contribution in [0, 0.1) is 0 Å². The van der Waals surface area contributed by atoms with Crippen LogP contribution in [-0.4, -0.2) is 13.7 Å². The molecule has 0 aliphatic carbocycles. The van der Waals surface area contributed by atoms with Crippen molar-refractivity contribution in [2.75, 3.05) is 13.7 Å². The molecule has 0 aliphatic heterocycles. The molecule has 4 N–H and O–H groups in total. The van der Waals surface area contributed by atoms with Crippen LogP contribution in [0.4, 0.5) is 0 Å². The lowest BCUT2D eigenvalue weighted by Crippen LogP contribution is -2.15. The predicted molar refractivity (Wildman–Crippen MR) is 63.0 cm³/mol. The first-order valence-corrected chi connectivity index (χ1v) is 5.35. The van der Waals surface area contributed by atoms with Crippen LogP contribution in [0.2, 0.25) is 0 Å². The van der Waals surface area contributed by atoms with Gasteiger partial charge < -0.3 is 16.2 Å². The average Bonchev–Trinajstić information content (AvgIpc) is 2.28. The van der Waals surface area contributed by atoms with E-state index in [9.17, 15) is 0 Å². The van der Waals surface area contributed by atoms with Gasteiger partial charge in [-0.2, -0.15) is 0 Å². The number of hydrogen-bond acceptors (Lipinski definition) is 3. The average molecular weight is 208 g/mol. The highest BCUT2D eigenvalue weighted by Gasteiger charge is 2.08. The number of aryl methyl sites for hydroxylation is 1. The minimum Gasteiger partial charge on any atom is -0.496 e. The molecule has 0 aliphatic rings. The van der Waals surface area contributed by atoms with Gasteiger partial charge in [0.1, 0.15) is 5.75 Å². The second-order valence-corrected chi connectivity index (χ2v) is 3.61. The molecule has 3 heteroatoms. The van der Waals surface area contributed by atoms with Crippen molar-refractivity contribution in [3.8, 4) is 5.75 Å². The van der Waals surface area contributed by atoms with Crippen LogP contribution >= 0.6 is 0 Å². The molecular formula is C12H20N2O. The summed E-state index contributed by atoms with van der Waals surface area (Å²) in [5.74, 6) is 0.932. The maximum atomic E-state index is 6.00. The maximum absolute atomic E-state index is 6.00. The smallest absolute Gasteiger partial charge is 0.122 e. The van der Waals surface area contributed by atoms with E-state index in [2.05, 4.69) is 13.0 Å². The Hall–Kier alpha value is -1.06. The Bertz CT molecular complexity index is 312. The topological polar surface area (TPSA) is 61.3 Å². The van der Waals surface area contributed by atoms with Gasteiger partial charge in [0.15, 0.2) is 0 Å². The van der Waals surface area contributed by atoms with E-state index in [4.69, 9.17) is 16.2 Å². The van der Waals surface area contributed by atoms with Crippen molar-refractivity contribution in [1.82, 2.24) is 0 Å². The van der Waals surface area contributed by atoms with Crippen LogP contribution in [0.25, 0.3) is 0 Å². The lowest BCUT2D eigenvalue weighted by Gasteiger charge is -2.14. The van der Waals surface area contributed by atoms with E-state index in [1.807, 2.05) is 12.1 Å². The van der Waals surface area contributed by atoms with Gasteiger partial charge in [0, 0.05) is 6.04 Å². The summed E-state index contributed by atoms with van der Waals surface area (Å²) in [5.41, 5.74) is 13.8. The van der Waals surface area contributed by atoms with E-state index < -0.39 is 0 Å². The fourth-order valence-corrected chi connectivity index (χ4v) is 1.65. The van der Waals surface area contributed by atoms with Gasteiger partial charge in [-0.15, -0.1) is 0 Å². The molecule has 0 bridgehead atoms. The molecule has 0 spiro atoms. The fraction of sp³-hybridized carbons (Fsp3) is 0.500. The molecule has 0 fully saturated rings. The first kappa shape index (κ1) is 12.0. The van der Waals surface area contributed by atoms with Gasteiger partial charge in [-0.25, -0.2) is 0 Å². The molecule has 0 amide bonds. The third kappa shape index (κ3) is 2.94. The van der Waals surface area contributed by atoms with Gasteiger partial charge in [0.25, 0.3) is 0 Å². The Labute approximate surface area is 91.4 Å². The summed E-state index contributed by atoms with van der Waals surface area (Å²) in [6, 6.07) is 6.13. The fourth-order valence-electron chi connectivity index (χ4n) is 1.65. The van der Waals surface area contributed by atoms with E-state index in [1.54, 1.807) is 7.11 Å². The number of rotatable bonds is 5. The van der Waals surface area contributed by atoms with Gasteiger partial charge in [-0.1, -0.05) is 19.1 Å². The molecule has 1 unspecified atom stereocenters. The Morgan fingerprint density at radius 2 is 2.13 bits per heavy atom. The highest BCUT2D eigenvalue weighted by molar-refractivity contribution is 5.38. The SMILES string of the molecule is CCc1cc(C(N)CCN)ccc1OC. The van der Waals surface area contributed by atoms with Gasteiger partial charge >= 0.3 is 0 Å². The van der Waals surface area contributed by atoms with Gasteiger partial charge in [0.2, 0.25) is 0 Å². The molecule has 0 radical (unpaired) electrons. The summed E-state index contributed by atoms with van der Waals surface area (Å²) in [5, 5.41) is 0. The van der Waals surface area contributed by atoms with E-state index >= 15 is 0 Å².